The SMILES string of the molecule is O=C(CSc1n[nH]c(=O)[nH]c1=O)Nc1ccc(Br)cc1. The number of anilines is 1. The van der Waals surface area contributed by atoms with Gasteiger partial charge in [0, 0.05) is 10.2 Å². The van der Waals surface area contributed by atoms with Crippen molar-refractivity contribution in [1.29, 1.82) is 0 Å². The third kappa shape index (κ3) is 4.07. The van der Waals surface area contributed by atoms with E-state index in [-0.39, 0.29) is 16.7 Å². The molecule has 0 bridgehead atoms. The smallest absolute Gasteiger partial charge is 0.325 e. The van der Waals surface area contributed by atoms with Crippen LogP contribution in [0.25, 0.3) is 0 Å². The average Bonchev–Trinajstić information content (AvgIpc) is 2.40. The largest absolute Gasteiger partial charge is 0.342 e. The molecule has 1 amide bonds. The van der Waals surface area contributed by atoms with E-state index in [0.29, 0.717) is 5.69 Å². The van der Waals surface area contributed by atoms with Crippen molar-refractivity contribution in [3.8, 4) is 0 Å². The van der Waals surface area contributed by atoms with E-state index in [1.165, 1.54) is 0 Å². The number of rotatable bonds is 4. The zero-order valence-electron chi connectivity index (χ0n) is 9.97. The predicted molar refractivity (Wildman–Crippen MR) is 79.0 cm³/mol. The summed E-state index contributed by atoms with van der Waals surface area (Å²) in [4.78, 5) is 35.9. The molecule has 3 N–H and O–H groups in total. The topological polar surface area (TPSA) is 108 Å². The number of amides is 1. The number of aromatic amines is 2. The summed E-state index contributed by atoms with van der Waals surface area (Å²) in [6.07, 6.45) is 0. The van der Waals surface area contributed by atoms with Crippen LogP contribution in [-0.4, -0.2) is 26.8 Å². The lowest BCUT2D eigenvalue weighted by molar-refractivity contribution is -0.113. The summed E-state index contributed by atoms with van der Waals surface area (Å²) in [6.45, 7) is 0. The molecular weight excluding hydrogens is 348 g/mol. The molecule has 9 heteroatoms. The maximum Gasteiger partial charge on any atom is 0.342 e. The van der Waals surface area contributed by atoms with Gasteiger partial charge in [-0.15, -0.1) is 0 Å². The Labute approximate surface area is 125 Å². The quantitative estimate of drug-likeness (QED) is 0.707. The molecule has 2 aromatic rings. The van der Waals surface area contributed by atoms with Crippen LogP contribution in [0.5, 0.6) is 0 Å². The average molecular weight is 357 g/mol. The molecule has 1 aromatic heterocycles. The molecule has 0 saturated carbocycles. The van der Waals surface area contributed by atoms with Crippen molar-refractivity contribution < 1.29 is 4.79 Å². The van der Waals surface area contributed by atoms with E-state index in [4.69, 9.17) is 0 Å². The summed E-state index contributed by atoms with van der Waals surface area (Å²) < 4.78 is 0.911. The van der Waals surface area contributed by atoms with Crippen LogP contribution in [-0.2, 0) is 4.79 Å². The number of aromatic nitrogens is 3. The van der Waals surface area contributed by atoms with Gasteiger partial charge in [-0.3, -0.25) is 14.6 Å². The number of nitrogens with zero attached hydrogens (tertiary/aromatic N) is 1. The van der Waals surface area contributed by atoms with Gasteiger partial charge in [0.2, 0.25) is 5.91 Å². The molecule has 0 unspecified atom stereocenters. The van der Waals surface area contributed by atoms with E-state index in [1.807, 2.05) is 4.98 Å². The molecule has 0 fully saturated rings. The summed E-state index contributed by atoms with van der Waals surface area (Å²) in [5.74, 6) is -0.261. The third-order valence-electron chi connectivity index (χ3n) is 2.15. The lowest BCUT2D eigenvalue weighted by atomic mass is 10.3. The maximum absolute atomic E-state index is 11.7. The van der Waals surface area contributed by atoms with Gasteiger partial charge in [-0.2, -0.15) is 5.10 Å². The molecule has 0 saturated heterocycles. The van der Waals surface area contributed by atoms with Crippen LogP contribution in [0.15, 0.2) is 43.4 Å². The first-order chi connectivity index (χ1) is 9.54. The van der Waals surface area contributed by atoms with E-state index in [0.717, 1.165) is 16.2 Å². The van der Waals surface area contributed by atoms with Gasteiger partial charge in [0.15, 0.2) is 5.03 Å². The van der Waals surface area contributed by atoms with Crippen LogP contribution in [0.3, 0.4) is 0 Å². The van der Waals surface area contributed by atoms with Gasteiger partial charge in [0.05, 0.1) is 5.75 Å². The number of thioether (sulfide) groups is 1. The number of hydrogen-bond acceptors (Lipinski definition) is 5. The second-order valence-corrected chi connectivity index (χ2v) is 5.54. The maximum atomic E-state index is 11.7. The van der Waals surface area contributed by atoms with Gasteiger partial charge < -0.3 is 5.32 Å². The fraction of sp³-hybridized carbons (Fsp3) is 0.0909. The van der Waals surface area contributed by atoms with Crippen molar-refractivity contribution >= 4 is 39.3 Å². The van der Waals surface area contributed by atoms with Crippen molar-refractivity contribution in [2.24, 2.45) is 0 Å². The van der Waals surface area contributed by atoms with E-state index < -0.39 is 11.2 Å². The van der Waals surface area contributed by atoms with Crippen LogP contribution < -0.4 is 16.6 Å². The first kappa shape index (κ1) is 14.5. The first-order valence-electron chi connectivity index (χ1n) is 5.42. The van der Waals surface area contributed by atoms with E-state index in [2.05, 4.69) is 31.4 Å². The fourth-order valence-electron chi connectivity index (χ4n) is 1.30. The molecule has 0 radical (unpaired) electrons. The van der Waals surface area contributed by atoms with Crippen LogP contribution in [0.2, 0.25) is 0 Å². The molecule has 0 atom stereocenters. The summed E-state index contributed by atoms with van der Waals surface area (Å²) in [5.41, 5.74) is -0.643. The fourth-order valence-corrected chi connectivity index (χ4v) is 2.20. The molecule has 7 nitrogen and oxygen atoms in total. The van der Waals surface area contributed by atoms with Gasteiger partial charge >= 0.3 is 5.69 Å². The lowest BCUT2D eigenvalue weighted by Crippen LogP contribution is -2.25. The summed E-state index contributed by atoms with van der Waals surface area (Å²) >= 11 is 4.23. The number of H-pyrrole nitrogens is 2. The van der Waals surface area contributed by atoms with E-state index >= 15 is 0 Å². The van der Waals surface area contributed by atoms with Crippen molar-refractivity contribution in [1.82, 2.24) is 15.2 Å². The molecule has 1 aromatic carbocycles. The van der Waals surface area contributed by atoms with Gasteiger partial charge in [-0.1, -0.05) is 27.7 Å². The van der Waals surface area contributed by atoms with Crippen LogP contribution >= 0.6 is 27.7 Å². The zero-order valence-corrected chi connectivity index (χ0v) is 12.4. The number of carbonyl (C=O) groups excluding carboxylic acids is 1. The van der Waals surface area contributed by atoms with Crippen LogP contribution in [0, 0.1) is 0 Å². The Balaban J connectivity index is 1.93. The molecular formula is C11H9BrN4O3S. The highest BCUT2D eigenvalue weighted by Gasteiger charge is 2.08. The summed E-state index contributed by atoms with van der Waals surface area (Å²) in [6, 6.07) is 7.10. The standard InChI is InChI=1S/C11H9BrN4O3S/c12-6-1-3-7(4-2-6)13-8(17)5-20-10-9(18)14-11(19)16-15-10/h1-4H,5H2,(H,13,17)(H2,14,16,18,19). The monoisotopic (exact) mass is 356 g/mol. The molecule has 2 rings (SSSR count). The minimum absolute atomic E-state index is 0.0121. The Morgan fingerprint density at radius 2 is 2.00 bits per heavy atom. The van der Waals surface area contributed by atoms with Gasteiger partial charge in [-0.05, 0) is 24.3 Å². The Morgan fingerprint density at radius 3 is 2.65 bits per heavy atom. The highest BCUT2D eigenvalue weighted by atomic mass is 79.9. The molecule has 104 valence electrons. The van der Waals surface area contributed by atoms with Crippen LogP contribution in [0.4, 0.5) is 5.69 Å². The Morgan fingerprint density at radius 1 is 1.30 bits per heavy atom. The summed E-state index contributed by atoms with van der Waals surface area (Å²) in [5, 5.41) is 8.38. The highest BCUT2D eigenvalue weighted by Crippen LogP contribution is 2.15. The molecule has 1 heterocycles. The lowest BCUT2D eigenvalue weighted by Gasteiger charge is -2.04. The number of halogens is 1. The minimum atomic E-state index is -0.682. The van der Waals surface area contributed by atoms with Gasteiger partial charge in [0.25, 0.3) is 5.56 Å². The van der Waals surface area contributed by atoms with Crippen molar-refractivity contribution in [3.05, 3.63) is 49.6 Å². The Kier molecular flexibility index (Phi) is 4.74. The first-order valence-corrected chi connectivity index (χ1v) is 7.19. The van der Waals surface area contributed by atoms with E-state index in [1.54, 1.807) is 24.3 Å². The number of hydrogen-bond donors (Lipinski definition) is 3. The Bertz CT molecular complexity index is 725. The van der Waals surface area contributed by atoms with Crippen molar-refractivity contribution in [2.45, 2.75) is 5.03 Å². The van der Waals surface area contributed by atoms with Gasteiger partial charge in [0.1, 0.15) is 0 Å². The number of carbonyl (C=O) groups is 1. The normalized spacial score (nSPS) is 10.2. The van der Waals surface area contributed by atoms with Gasteiger partial charge in [-0.25, -0.2) is 9.89 Å². The molecule has 0 spiro atoms. The second-order valence-electron chi connectivity index (χ2n) is 3.66. The Hall–Kier alpha value is -1.87. The third-order valence-corrected chi connectivity index (χ3v) is 3.63. The summed E-state index contributed by atoms with van der Waals surface area (Å²) in [7, 11) is 0. The molecule has 0 aliphatic carbocycles. The number of benzene rings is 1. The highest BCUT2D eigenvalue weighted by molar-refractivity contribution is 9.10. The molecule has 0 aliphatic rings. The van der Waals surface area contributed by atoms with Crippen molar-refractivity contribution in [3.63, 3.8) is 0 Å². The molecule has 0 aliphatic heterocycles. The zero-order chi connectivity index (χ0) is 14.5. The van der Waals surface area contributed by atoms with Crippen LogP contribution in [0.1, 0.15) is 0 Å². The number of nitrogens with one attached hydrogen (secondary N) is 3. The second kappa shape index (κ2) is 6.53. The molecule has 20 heavy (non-hydrogen) atoms. The minimum Gasteiger partial charge on any atom is -0.325 e. The van der Waals surface area contributed by atoms with Crippen molar-refractivity contribution in [2.75, 3.05) is 11.1 Å². The van der Waals surface area contributed by atoms with E-state index in [9.17, 15) is 14.4 Å². The predicted octanol–water partition coefficient (Wildman–Crippen LogP) is 0.951.